The molecular formula is C25H29N3O4S. The Morgan fingerprint density at radius 1 is 1.09 bits per heavy atom. The zero-order valence-corrected chi connectivity index (χ0v) is 20.0. The second-order valence-corrected chi connectivity index (χ2v) is 10.00. The summed E-state index contributed by atoms with van der Waals surface area (Å²) in [6, 6.07) is 9.44. The molecule has 5 rings (SSSR count). The van der Waals surface area contributed by atoms with E-state index < -0.39 is 5.54 Å². The smallest absolute Gasteiger partial charge is 0.275 e. The number of nitrogens with zero attached hydrogens (tertiary/aromatic N) is 2. The maximum absolute atomic E-state index is 13.9. The highest BCUT2D eigenvalue weighted by molar-refractivity contribution is 7.17. The predicted octanol–water partition coefficient (Wildman–Crippen LogP) is 4.59. The Kier molecular flexibility index (Phi) is 5.56. The van der Waals surface area contributed by atoms with Crippen LogP contribution in [0.1, 0.15) is 49.5 Å². The van der Waals surface area contributed by atoms with Gasteiger partial charge in [-0.3, -0.25) is 14.5 Å². The fraction of sp³-hybridized carbons (Fsp3) is 0.440. The van der Waals surface area contributed by atoms with E-state index in [1.54, 1.807) is 42.6 Å². The van der Waals surface area contributed by atoms with Gasteiger partial charge in [-0.25, -0.2) is 0 Å². The van der Waals surface area contributed by atoms with Crippen molar-refractivity contribution in [3.05, 3.63) is 41.4 Å². The van der Waals surface area contributed by atoms with Crippen molar-refractivity contribution in [3.8, 4) is 11.5 Å². The average molecular weight is 468 g/mol. The zero-order valence-electron chi connectivity index (χ0n) is 19.2. The van der Waals surface area contributed by atoms with E-state index in [-0.39, 0.29) is 17.9 Å². The summed E-state index contributed by atoms with van der Waals surface area (Å²) < 4.78 is 13.9. The van der Waals surface area contributed by atoms with Gasteiger partial charge in [-0.05, 0) is 49.4 Å². The number of nitrogens with one attached hydrogen (secondary N) is 1. The standard InChI is InChI=1S/C25H29N3O4S/c1-25(24(30)26-16-7-5-4-6-8-16)15-27-18-11-12-33-22(18)14-19(27)23(29)28(25)17-9-10-20(31-2)21(13-17)32-3/h9-14,16H,4-8,15H2,1-3H3,(H,26,30)/t25-/m0/s1. The Bertz CT molecular complexity index is 1210. The number of amides is 2. The molecule has 1 N–H and O–H groups in total. The van der Waals surface area contributed by atoms with Crippen LogP contribution in [-0.2, 0) is 11.3 Å². The molecule has 0 spiro atoms. The van der Waals surface area contributed by atoms with Crippen LogP contribution in [0, 0.1) is 0 Å². The molecule has 1 atom stereocenters. The third-order valence-electron chi connectivity index (χ3n) is 6.96. The number of rotatable bonds is 5. The van der Waals surface area contributed by atoms with Gasteiger partial charge in [0.25, 0.3) is 5.91 Å². The zero-order chi connectivity index (χ0) is 23.2. The SMILES string of the molecule is COc1ccc(N2C(=O)c3cc4sccc4n3C[C@@]2(C)C(=O)NC2CCCCC2)cc1OC. The van der Waals surface area contributed by atoms with E-state index in [1.165, 1.54) is 6.42 Å². The van der Waals surface area contributed by atoms with Crippen molar-refractivity contribution in [2.24, 2.45) is 0 Å². The number of methoxy groups -OCH3 is 2. The van der Waals surface area contributed by atoms with Crippen molar-refractivity contribution in [1.82, 2.24) is 9.88 Å². The lowest BCUT2D eigenvalue weighted by molar-refractivity contribution is -0.127. The van der Waals surface area contributed by atoms with E-state index >= 15 is 0 Å². The summed E-state index contributed by atoms with van der Waals surface area (Å²) >= 11 is 1.60. The number of anilines is 1. The predicted molar refractivity (Wildman–Crippen MR) is 130 cm³/mol. The van der Waals surface area contributed by atoms with Crippen molar-refractivity contribution in [2.45, 2.75) is 57.2 Å². The number of carbonyl (C=O) groups excluding carboxylic acids is 2. The van der Waals surface area contributed by atoms with E-state index in [2.05, 4.69) is 5.32 Å². The van der Waals surface area contributed by atoms with Crippen molar-refractivity contribution in [3.63, 3.8) is 0 Å². The molecule has 2 aromatic heterocycles. The fourth-order valence-electron chi connectivity index (χ4n) is 5.17. The van der Waals surface area contributed by atoms with Crippen LogP contribution in [0.15, 0.2) is 35.7 Å². The van der Waals surface area contributed by atoms with Gasteiger partial charge in [0.15, 0.2) is 11.5 Å². The topological polar surface area (TPSA) is 72.8 Å². The van der Waals surface area contributed by atoms with Gasteiger partial charge >= 0.3 is 0 Å². The number of aromatic nitrogens is 1. The summed E-state index contributed by atoms with van der Waals surface area (Å²) in [6.07, 6.45) is 5.42. The Balaban J connectivity index is 1.61. The van der Waals surface area contributed by atoms with E-state index in [9.17, 15) is 9.59 Å². The van der Waals surface area contributed by atoms with Crippen LogP contribution in [0.3, 0.4) is 0 Å². The van der Waals surface area contributed by atoms with Gasteiger partial charge in [-0.1, -0.05) is 19.3 Å². The van der Waals surface area contributed by atoms with Crippen LogP contribution in [-0.4, -0.2) is 42.2 Å². The van der Waals surface area contributed by atoms with Crippen LogP contribution >= 0.6 is 11.3 Å². The monoisotopic (exact) mass is 467 g/mol. The van der Waals surface area contributed by atoms with Gasteiger partial charge in [0.2, 0.25) is 5.91 Å². The number of fused-ring (bicyclic) bond motifs is 3. The van der Waals surface area contributed by atoms with Gasteiger partial charge in [0.1, 0.15) is 11.2 Å². The second kappa shape index (κ2) is 8.41. The molecule has 3 aromatic rings. The molecular weight excluding hydrogens is 438 g/mol. The molecule has 2 amide bonds. The normalized spacial score (nSPS) is 21.2. The first-order valence-electron chi connectivity index (χ1n) is 11.4. The van der Waals surface area contributed by atoms with E-state index in [1.807, 2.05) is 35.1 Å². The molecule has 0 unspecified atom stereocenters. The molecule has 1 saturated carbocycles. The quantitative estimate of drug-likeness (QED) is 0.596. The van der Waals surface area contributed by atoms with Crippen LogP contribution < -0.4 is 19.7 Å². The van der Waals surface area contributed by atoms with Crippen molar-refractivity contribution in [1.29, 1.82) is 0 Å². The van der Waals surface area contributed by atoms with Crippen molar-refractivity contribution >= 4 is 39.1 Å². The summed E-state index contributed by atoms with van der Waals surface area (Å²) in [6.45, 7) is 2.24. The number of benzene rings is 1. The third kappa shape index (κ3) is 3.57. The molecule has 0 bridgehead atoms. The minimum Gasteiger partial charge on any atom is -0.493 e. The number of ether oxygens (including phenoxy) is 2. The molecule has 2 aliphatic rings. The first-order valence-corrected chi connectivity index (χ1v) is 12.3. The molecule has 1 aliphatic carbocycles. The van der Waals surface area contributed by atoms with E-state index in [0.717, 1.165) is 35.9 Å². The number of thiophene rings is 1. The Morgan fingerprint density at radius 2 is 1.85 bits per heavy atom. The number of hydrogen-bond acceptors (Lipinski definition) is 5. The first kappa shape index (κ1) is 21.8. The summed E-state index contributed by atoms with van der Waals surface area (Å²) in [4.78, 5) is 29.4. The average Bonchev–Trinajstić information content (AvgIpc) is 3.42. The largest absolute Gasteiger partial charge is 0.493 e. The highest BCUT2D eigenvalue weighted by atomic mass is 32.1. The lowest BCUT2D eigenvalue weighted by atomic mass is 9.91. The van der Waals surface area contributed by atoms with Crippen molar-refractivity contribution < 1.29 is 19.1 Å². The van der Waals surface area contributed by atoms with Gasteiger partial charge in [0, 0.05) is 17.8 Å². The Hall–Kier alpha value is -3.00. The fourth-order valence-corrected chi connectivity index (χ4v) is 5.99. The highest BCUT2D eigenvalue weighted by Crippen LogP contribution is 2.40. The first-order chi connectivity index (χ1) is 16.0. The van der Waals surface area contributed by atoms with E-state index in [4.69, 9.17) is 9.47 Å². The lowest BCUT2D eigenvalue weighted by Crippen LogP contribution is -2.65. The molecule has 8 heteroatoms. The molecule has 7 nitrogen and oxygen atoms in total. The van der Waals surface area contributed by atoms with Gasteiger partial charge < -0.3 is 19.4 Å². The minimum absolute atomic E-state index is 0.125. The van der Waals surface area contributed by atoms with Crippen LogP contribution in [0.25, 0.3) is 10.2 Å². The molecule has 3 heterocycles. The van der Waals surface area contributed by atoms with E-state index in [0.29, 0.717) is 29.4 Å². The minimum atomic E-state index is -1.10. The Morgan fingerprint density at radius 3 is 2.58 bits per heavy atom. The molecule has 1 aliphatic heterocycles. The molecule has 1 fully saturated rings. The molecule has 174 valence electrons. The molecule has 0 saturated heterocycles. The molecule has 1 aromatic carbocycles. The maximum Gasteiger partial charge on any atom is 0.275 e. The van der Waals surface area contributed by atoms with Crippen molar-refractivity contribution in [2.75, 3.05) is 19.1 Å². The van der Waals surface area contributed by atoms with Crippen LogP contribution in [0.5, 0.6) is 11.5 Å². The van der Waals surface area contributed by atoms with Gasteiger partial charge in [-0.2, -0.15) is 0 Å². The summed E-state index contributed by atoms with van der Waals surface area (Å²) in [5, 5.41) is 5.28. The number of hydrogen-bond donors (Lipinski definition) is 1. The Labute approximate surface area is 197 Å². The van der Waals surface area contributed by atoms with Crippen LogP contribution in [0.2, 0.25) is 0 Å². The lowest BCUT2D eigenvalue weighted by Gasteiger charge is -2.44. The third-order valence-corrected chi connectivity index (χ3v) is 7.81. The molecule has 33 heavy (non-hydrogen) atoms. The second-order valence-electron chi connectivity index (χ2n) is 9.05. The van der Waals surface area contributed by atoms with Gasteiger partial charge in [-0.15, -0.1) is 11.3 Å². The summed E-state index contributed by atoms with van der Waals surface area (Å²) in [5.41, 5.74) is 1.09. The summed E-state index contributed by atoms with van der Waals surface area (Å²) in [5.74, 6) is 0.765. The highest BCUT2D eigenvalue weighted by Gasteiger charge is 2.49. The number of carbonyl (C=O) groups is 2. The van der Waals surface area contributed by atoms with Gasteiger partial charge in [0.05, 0.1) is 31.0 Å². The summed E-state index contributed by atoms with van der Waals surface area (Å²) in [7, 11) is 3.14. The van der Waals surface area contributed by atoms with Crippen LogP contribution in [0.4, 0.5) is 5.69 Å². The maximum atomic E-state index is 13.9. The molecule has 0 radical (unpaired) electrons.